The number of anilines is 1. The summed E-state index contributed by atoms with van der Waals surface area (Å²) in [5, 5.41) is 2.71. The number of aryl methyl sites for hydroxylation is 1. The molecule has 0 heterocycles. The van der Waals surface area contributed by atoms with Gasteiger partial charge < -0.3 is 19.5 Å². The summed E-state index contributed by atoms with van der Waals surface area (Å²) < 4.78 is 42.8. The Bertz CT molecular complexity index is 959. The van der Waals surface area contributed by atoms with Gasteiger partial charge in [-0.1, -0.05) is 6.92 Å². The second-order valence-corrected chi connectivity index (χ2v) is 8.00. The highest BCUT2D eigenvalue weighted by atomic mass is 32.2. The summed E-state index contributed by atoms with van der Waals surface area (Å²) >= 11 is 0. The fourth-order valence-corrected chi connectivity index (χ4v) is 3.72. The van der Waals surface area contributed by atoms with Gasteiger partial charge in [-0.2, -0.15) is 0 Å². The molecule has 0 bridgehead atoms. The van der Waals surface area contributed by atoms with E-state index < -0.39 is 10.0 Å². The Morgan fingerprint density at radius 2 is 1.79 bits per heavy atom. The fraction of sp³-hybridized carbons (Fsp3) is 0.350. The molecule has 2 N–H and O–H groups in total. The molecule has 0 spiro atoms. The van der Waals surface area contributed by atoms with E-state index in [0.29, 0.717) is 41.5 Å². The lowest BCUT2D eigenvalue weighted by atomic mass is 10.2. The van der Waals surface area contributed by atoms with Crippen molar-refractivity contribution >= 4 is 21.6 Å². The summed E-state index contributed by atoms with van der Waals surface area (Å²) in [4.78, 5) is 12.4. The molecule has 0 fully saturated rings. The van der Waals surface area contributed by atoms with Gasteiger partial charge >= 0.3 is 0 Å². The summed E-state index contributed by atoms with van der Waals surface area (Å²) in [5.41, 5.74) is 1.10. The summed E-state index contributed by atoms with van der Waals surface area (Å²) in [6, 6.07) is 9.53. The first-order valence-corrected chi connectivity index (χ1v) is 10.5. The number of amides is 1. The molecule has 0 atom stereocenters. The smallest absolute Gasteiger partial charge is 0.262 e. The monoisotopic (exact) mass is 422 g/mol. The normalized spacial score (nSPS) is 11.0. The number of benzene rings is 2. The van der Waals surface area contributed by atoms with Gasteiger partial charge in [-0.15, -0.1) is 0 Å². The van der Waals surface area contributed by atoms with Gasteiger partial charge in [0.15, 0.2) is 6.61 Å². The van der Waals surface area contributed by atoms with Crippen molar-refractivity contribution < 1.29 is 27.4 Å². The minimum absolute atomic E-state index is 0.156. The van der Waals surface area contributed by atoms with Crippen LogP contribution in [0.1, 0.15) is 18.9 Å². The van der Waals surface area contributed by atoms with Crippen LogP contribution in [0.15, 0.2) is 41.3 Å². The number of carbonyl (C=O) groups is 1. The molecule has 158 valence electrons. The maximum absolute atomic E-state index is 12.2. The number of nitrogens with one attached hydrogen (secondary N) is 2. The van der Waals surface area contributed by atoms with E-state index in [-0.39, 0.29) is 17.4 Å². The van der Waals surface area contributed by atoms with Crippen molar-refractivity contribution in [2.24, 2.45) is 0 Å². The number of sulfonamides is 1. The maximum Gasteiger partial charge on any atom is 0.262 e. The van der Waals surface area contributed by atoms with Crippen molar-refractivity contribution in [2.45, 2.75) is 25.2 Å². The Morgan fingerprint density at radius 3 is 2.41 bits per heavy atom. The van der Waals surface area contributed by atoms with Gasteiger partial charge in [0.25, 0.3) is 5.91 Å². The highest BCUT2D eigenvalue weighted by Crippen LogP contribution is 2.29. The van der Waals surface area contributed by atoms with Crippen LogP contribution in [0.25, 0.3) is 0 Å². The second kappa shape index (κ2) is 10.1. The van der Waals surface area contributed by atoms with Crippen LogP contribution in [-0.2, 0) is 14.8 Å². The Morgan fingerprint density at radius 1 is 1.03 bits per heavy atom. The zero-order valence-corrected chi connectivity index (χ0v) is 17.8. The molecule has 2 aromatic rings. The highest BCUT2D eigenvalue weighted by molar-refractivity contribution is 7.89. The number of rotatable bonds is 10. The number of carbonyl (C=O) groups excluding carboxylic acids is 1. The number of hydrogen-bond acceptors (Lipinski definition) is 6. The van der Waals surface area contributed by atoms with E-state index in [1.165, 1.54) is 25.3 Å². The average Bonchev–Trinajstić information content (AvgIpc) is 2.71. The van der Waals surface area contributed by atoms with E-state index in [0.717, 1.165) is 0 Å². The first kappa shape index (κ1) is 22.5. The molecule has 2 aromatic carbocycles. The third-order valence-corrected chi connectivity index (χ3v) is 5.50. The van der Waals surface area contributed by atoms with Gasteiger partial charge in [0.2, 0.25) is 10.0 Å². The van der Waals surface area contributed by atoms with E-state index in [4.69, 9.17) is 14.2 Å². The van der Waals surface area contributed by atoms with Crippen molar-refractivity contribution in [3.05, 3.63) is 42.0 Å². The van der Waals surface area contributed by atoms with Crippen molar-refractivity contribution in [3.63, 3.8) is 0 Å². The standard InChI is InChI=1S/C20H26N2O6S/c1-5-10-21-29(24,25)16-7-9-18(14(2)11-16)28-13-20(23)22-17-8-6-15(26-3)12-19(17)27-4/h6-9,11-12,21H,5,10,13H2,1-4H3,(H,22,23). The zero-order valence-electron chi connectivity index (χ0n) is 16.9. The third kappa shape index (κ3) is 6.10. The second-order valence-electron chi connectivity index (χ2n) is 6.23. The van der Waals surface area contributed by atoms with E-state index >= 15 is 0 Å². The Hall–Kier alpha value is -2.78. The van der Waals surface area contributed by atoms with Crippen LogP contribution in [-0.4, -0.2) is 41.7 Å². The Balaban J connectivity index is 2.02. The van der Waals surface area contributed by atoms with Crippen LogP contribution >= 0.6 is 0 Å². The van der Waals surface area contributed by atoms with Crippen molar-refractivity contribution in [1.29, 1.82) is 0 Å². The van der Waals surface area contributed by atoms with Gasteiger partial charge in [-0.25, -0.2) is 13.1 Å². The topological polar surface area (TPSA) is 103 Å². The van der Waals surface area contributed by atoms with Crippen LogP contribution in [0.2, 0.25) is 0 Å². The first-order chi connectivity index (χ1) is 13.8. The van der Waals surface area contributed by atoms with Gasteiger partial charge in [-0.05, 0) is 49.2 Å². The lowest BCUT2D eigenvalue weighted by molar-refractivity contribution is -0.118. The van der Waals surface area contributed by atoms with Crippen LogP contribution in [0, 0.1) is 6.92 Å². The summed E-state index contributed by atoms with van der Waals surface area (Å²) in [6.07, 6.45) is 0.702. The molecule has 0 saturated heterocycles. The molecule has 29 heavy (non-hydrogen) atoms. The molecule has 1 amide bonds. The van der Waals surface area contributed by atoms with Gasteiger partial charge in [0.1, 0.15) is 17.2 Å². The minimum Gasteiger partial charge on any atom is -0.497 e. The van der Waals surface area contributed by atoms with Gasteiger partial charge in [0, 0.05) is 12.6 Å². The molecule has 0 unspecified atom stereocenters. The van der Waals surface area contributed by atoms with Crippen LogP contribution in [0.5, 0.6) is 17.2 Å². The zero-order chi connectivity index (χ0) is 21.4. The molecular weight excluding hydrogens is 396 g/mol. The van der Waals surface area contributed by atoms with E-state index in [1.54, 1.807) is 32.2 Å². The van der Waals surface area contributed by atoms with Crippen LogP contribution < -0.4 is 24.2 Å². The highest BCUT2D eigenvalue weighted by Gasteiger charge is 2.15. The number of methoxy groups -OCH3 is 2. The van der Waals surface area contributed by atoms with E-state index in [2.05, 4.69) is 10.0 Å². The molecule has 0 aliphatic rings. The van der Waals surface area contributed by atoms with E-state index in [1.807, 2.05) is 6.92 Å². The summed E-state index contributed by atoms with van der Waals surface area (Å²) in [5.74, 6) is 1.11. The average molecular weight is 423 g/mol. The van der Waals surface area contributed by atoms with Crippen molar-refractivity contribution in [2.75, 3.05) is 32.7 Å². The van der Waals surface area contributed by atoms with Gasteiger partial charge in [0.05, 0.1) is 24.8 Å². The molecule has 0 radical (unpaired) electrons. The minimum atomic E-state index is -3.56. The maximum atomic E-state index is 12.2. The summed E-state index contributed by atoms with van der Waals surface area (Å²) in [7, 11) is -0.520. The molecule has 0 aromatic heterocycles. The predicted octanol–water partition coefficient (Wildman–Crippen LogP) is 2.72. The van der Waals surface area contributed by atoms with Crippen LogP contribution in [0.4, 0.5) is 5.69 Å². The van der Waals surface area contributed by atoms with Crippen molar-refractivity contribution in [3.8, 4) is 17.2 Å². The summed E-state index contributed by atoms with van der Waals surface area (Å²) in [6.45, 7) is 3.74. The molecular formula is C20H26N2O6S. The molecule has 0 aliphatic carbocycles. The van der Waals surface area contributed by atoms with Crippen LogP contribution in [0.3, 0.4) is 0 Å². The molecule has 0 aliphatic heterocycles. The number of hydrogen-bond donors (Lipinski definition) is 2. The Kier molecular flexibility index (Phi) is 7.86. The lowest BCUT2D eigenvalue weighted by Gasteiger charge is -2.13. The molecule has 8 nitrogen and oxygen atoms in total. The van der Waals surface area contributed by atoms with Crippen molar-refractivity contribution in [1.82, 2.24) is 4.72 Å². The largest absolute Gasteiger partial charge is 0.497 e. The number of ether oxygens (including phenoxy) is 3. The lowest BCUT2D eigenvalue weighted by Crippen LogP contribution is -2.24. The fourth-order valence-electron chi connectivity index (χ4n) is 2.50. The molecule has 9 heteroatoms. The molecule has 2 rings (SSSR count). The predicted molar refractivity (Wildman–Crippen MR) is 110 cm³/mol. The Labute approximate surface area is 171 Å². The molecule has 0 saturated carbocycles. The van der Waals surface area contributed by atoms with Gasteiger partial charge in [-0.3, -0.25) is 4.79 Å². The van der Waals surface area contributed by atoms with E-state index in [9.17, 15) is 13.2 Å². The first-order valence-electron chi connectivity index (χ1n) is 9.05. The quantitative estimate of drug-likeness (QED) is 0.610. The SMILES string of the molecule is CCCNS(=O)(=O)c1ccc(OCC(=O)Nc2ccc(OC)cc2OC)c(C)c1. The third-order valence-electron chi connectivity index (χ3n) is 4.04.